The SMILES string of the molecule is Cc1cccc(C)c1C(=O)N1CCC(N2CCN(c3ncc(C(F)(F)F)cc3Cl)[C@H](C)C2)CC1. The topological polar surface area (TPSA) is 39.7 Å². The number of anilines is 1. The van der Waals surface area contributed by atoms with Crippen molar-refractivity contribution in [2.75, 3.05) is 37.6 Å². The van der Waals surface area contributed by atoms with Crippen molar-refractivity contribution in [2.45, 2.75) is 51.9 Å². The number of aryl methyl sites for hydroxylation is 2. The number of amides is 1. The maximum atomic E-state index is 13.1. The lowest BCUT2D eigenvalue weighted by molar-refractivity contribution is -0.137. The number of likely N-dealkylation sites (tertiary alicyclic amines) is 1. The number of rotatable bonds is 3. The summed E-state index contributed by atoms with van der Waals surface area (Å²) in [5.74, 6) is 0.506. The van der Waals surface area contributed by atoms with E-state index in [9.17, 15) is 18.0 Å². The van der Waals surface area contributed by atoms with Crippen LogP contribution in [-0.2, 0) is 6.18 Å². The summed E-state index contributed by atoms with van der Waals surface area (Å²) in [6, 6.07) is 7.32. The minimum Gasteiger partial charge on any atom is -0.350 e. The number of aromatic nitrogens is 1. The van der Waals surface area contributed by atoms with Gasteiger partial charge < -0.3 is 9.80 Å². The van der Waals surface area contributed by atoms with Crippen molar-refractivity contribution in [3.63, 3.8) is 0 Å². The van der Waals surface area contributed by atoms with E-state index in [1.807, 2.05) is 48.8 Å². The fraction of sp³-hybridized carbons (Fsp3) is 0.520. The van der Waals surface area contributed by atoms with Crippen LogP contribution in [0.2, 0.25) is 5.02 Å². The predicted octanol–water partition coefficient (Wildman–Crippen LogP) is 5.19. The third-order valence-corrected chi connectivity index (χ3v) is 7.32. The third kappa shape index (κ3) is 5.03. The van der Waals surface area contributed by atoms with Gasteiger partial charge in [-0.25, -0.2) is 4.98 Å². The molecule has 1 aromatic carbocycles. The molecule has 4 rings (SSSR count). The van der Waals surface area contributed by atoms with Gasteiger partial charge in [0.1, 0.15) is 5.82 Å². The van der Waals surface area contributed by atoms with E-state index in [1.165, 1.54) is 0 Å². The second-order valence-electron chi connectivity index (χ2n) is 9.35. The largest absolute Gasteiger partial charge is 0.417 e. The first-order valence-corrected chi connectivity index (χ1v) is 12.0. The molecule has 1 amide bonds. The van der Waals surface area contributed by atoms with Crippen molar-refractivity contribution < 1.29 is 18.0 Å². The van der Waals surface area contributed by atoms with Crippen LogP contribution in [0.25, 0.3) is 0 Å². The first-order chi connectivity index (χ1) is 16.1. The average Bonchev–Trinajstić information content (AvgIpc) is 2.78. The van der Waals surface area contributed by atoms with Gasteiger partial charge in [0.05, 0.1) is 10.6 Å². The number of hydrogen-bond acceptors (Lipinski definition) is 4. The van der Waals surface area contributed by atoms with Crippen LogP contribution in [0, 0.1) is 13.8 Å². The molecule has 2 aliphatic heterocycles. The molecule has 2 saturated heterocycles. The highest BCUT2D eigenvalue weighted by molar-refractivity contribution is 6.33. The zero-order chi connectivity index (χ0) is 24.6. The molecule has 0 unspecified atom stereocenters. The van der Waals surface area contributed by atoms with E-state index < -0.39 is 11.7 Å². The van der Waals surface area contributed by atoms with Crippen molar-refractivity contribution >= 4 is 23.3 Å². The third-order valence-electron chi connectivity index (χ3n) is 7.04. The van der Waals surface area contributed by atoms with Gasteiger partial charge in [0.2, 0.25) is 0 Å². The van der Waals surface area contributed by atoms with Gasteiger partial charge in [0.25, 0.3) is 5.91 Å². The molecule has 34 heavy (non-hydrogen) atoms. The Morgan fingerprint density at radius 2 is 1.74 bits per heavy atom. The van der Waals surface area contributed by atoms with Crippen LogP contribution in [0.3, 0.4) is 0 Å². The Bertz CT molecular complexity index is 1030. The summed E-state index contributed by atoms with van der Waals surface area (Å²) in [5, 5.41) is 0.0217. The quantitative estimate of drug-likeness (QED) is 0.589. The molecule has 2 aliphatic rings. The molecular formula is C25H30ClF3N4O. The van der Waals surface area contributed by atoms with Crippen LogP contribution in [-0.4, -0.2) is 65.5 Å². The summed E-state index contributed by atoms with van der Waals surface area (Å²) < 4.78 is 38.8. The standard InChI is InChI=1S/C25H30ClF3N4O/c1-16-5-4-6-17(2)22(16)24(34)31-9-7-20(8-10-31)32-11-12-33(18(3)15-32)23-21(26)13-19(14-30-23)25(27,28)29/h4-6,13-14,18,20H,7-12,15H2,1-3H3/t18-/m1/s1. The number of nitrogens with zero attached hydrogens (tertiary/aromatic N) is 4. The number of alkyl halides is 3. The molecule has 5 nitrogen and oxygen atoms in total. The number of carbonyl (C=O) groups excluding carboxylic acids is 1. The summed E-state index contributed by atoms with van der Waals surface area (Å²) >= 11 is 6.18. The molecule has 0 saturated carbocycles. The van der Waals surface area contributed by atoms with Gasteiger partial charge in [0, 0.05) is 56.6 Å². The smallest absolute Gasteiger partial charge is 0.350 e. The molecule has 9 heteroatoms. The molecule has 184 valence electrons. The average molecular weight is 495 g/mol. The van der Waals surface area contributed by atoms with Gasteiger partial charge in [-0.3, -0.25) is 9.69 Å². The van der Waals surface area contributed by atoms with Crippen molar-refractivity contribution in [1.29, 1.82) is 0 Å². The second kappa shape index (κ2) is 9.74. The Labute approximate surface area is 203 Å². The number of halogens is 4. The monoisotopic (exact) mass is 494 g/mol. The lowest BCUT2D eigenvalue weighted by atomic mass is 9.97. The Kier molecular flexibility index (Phi) is 7.10. The van der Waals surface area contributed by atoms with Crippen LogP contribution in [0.4, 0.5) is 19.0 Å². The lowest BCUT2D eigenvalue weighted by Gasteiger charge is -2.46. The zero-order valence-electron chi connectivity index (χ0n) is 19.7. The van der Waals surface area contributed by atoms with E-state index >= 15 is 0 Å². The van der Waals surface area contributed by atoms with Crippen LogP contribution in [0.1, 0.15) is 46.8 Å². The molecule has 2 aromatic rings. The van der Waals surface area contributed by atoms with Crippen LogP contribution in [0.15, 0.2) is 30.5 Å². The normalized spacial score (nSPS) is 20.6. The molecule has 0 spiro atoms. The van der Waals surface area contributed by atoms with Gasteiger partial charge in [-0.1, -0.05) is 29.8 Å². The van der Waals surface area contributed by atoms with E-state index in [1.54, 1.807) is 0 Å². The van der Waals surface area contributed by atoms with Gasteiger partial charge in [-0.2, -0.15) is 13.2 Å². The van der Waals surface area contributed by atoms with Gasteiger partial charge in [-0.05, 0) is 50.8 Å². The number of carbonyl (C=O) groups is 1. The highest BCUT2D eigenvalue weighted by atomic mass is 35.5. The lowest BCUT2D eigenvalue weighted by Crippen LogP contribution is -2.57. The van der Waals surface area contributed by atoms with Crippen LogP contribution >= 0.6 is 11.6 Å². The fourth-order valence-corrected chi connectivity index (χ4v) is 5.45. The highest BCUT2D eigenvalue weighted by Gasteiger charge is 2.35. The molecule has 0 N–H and O–H groups in total. The van der Waals surface area contributed by atoms with Crippen LogP contribution in [0.5, 0.6) is 0 Å². The fourth-order valence-electron chi connectivity index (χ4n) is 5.17. The summed E-state index contributed by atoms with van der Waals surface area (Å²) in [4.78, 5) is 23.5. The minimum absolute atomic E-state index is 0.0217. The van der Waals surface area contributed by atoms with Crippen molar-refractivity contribution in [2.24, 2.45) is 0 Å². The Morgan fingerprint density at radius 1 is 1.09 bits per heavy atom. The Balaban J connectivity index is 1.36. The van der Waals surface area contributed by atoms with Crippen molar-refractivity contribution in [3.05, 3.63) is 57.7 Å². The van der Waals surface area contributed by atoms with E-state index in [0.29, 0.717) is 18.4 Å². The molecule has 0 bridgehead atoms. The van der Waals surface area contributed by atoms with E-state index in [2.05, 4.69) is 9.88 Å². The zero-order valence-corrected chi connectivity index (χ0v) is 20.5. The summed E-state index contributed by atoms with van der Waals surface area (Å²) in [6.45, 7) is 9.63. The summed E-state index contributed by atoms with van der Waals surface area (Å²) in [5.41, 5.74) is 1.99. The number of benzene rings is 1. The van der Waals surface area contributed by atoms with Gasteiger partial charge >= 0.3 is 6.18 Å². The van der Waals surface area contributed by atoms with Crippen molar-refractivity contribution in [3.8, 4) is 0 Å². The van der Waals surface area contributed by atoms with E-state index in [0.717, 1.165) is 68.0 Å². The van der Waals surface area contributed by atoms with E-state index in [-0.39, 0.29) is 17.0 Å². The molecular weight excluding hydrogens is 465 g/mol. The highest BCUT2D eigenvalue weighted by Crippen LogP contribution is 2.35. The van der Waals surface area contributed by atoms with Crippen molar-refractivity contribution in [1.82, 2.24) is 14.8 Å². The van der Waals surface area contributed by atoms with Gasteiger partial charge in [0.15, 0.2) is 0 Å². The maximum absolute atomic E-state index is 13.1. The van der Waals surface area contributed by atoms with Gasteiger partial charge in [-0.15, -0.1) is 0 Å². The number of hydrogen-bond donors (Lipinski definition) is 0. The first kappa shape index (κ1) is 24.8. The summed E-state index contributed by atoms with van der Waals surface area (Å²) in [6.07, 6.45) is -1.80. The Morgan fingerprint density at radius 3 is 2.29 bits per heavy atom. The number of piperazine rings is 1. The maximum Gasteiger partial charge on any atom is 0.417 e. The number of piperidine rings is 1. The molecule has 1 atom stereocenters. The summed E-state index contributed by atoms with van der Waals surface area (Å²) in [7, 11) is 0. The molecule has 3 heterocycles. The van der Waals surface area contributed by atoms with E-state index in [4.69, 9.17) is 11.6 Å². The first-order valence-electron chi connectivity index (χ1n) is 11.6. The molecule has 2 fully saturated rings. The minimum atomic E-state index is -4.46. The molecule has 0 aliphatic carbocycles. The molecule has 0 radical (unpaired) electrons. The molecule has 1 aromatic heterocycles. The predicted molar refractivity (Wildman–Crippen MR) is 127 cm³/mol. The Hall–Kier alpha value is -2.32. The second-order valence-corrected chi connectivity index (χ2v) is 9.76. The number of pyridine rings is 1. The van der Waals surface area contributed by atoms with Crippen LogP contribution < -0.4 is 4.90 Å².